The van der Waals surface area contributed by atoms with Gasteiger partial charge in [-0.25, -0.2) is 0 Å². The largest absolute Gasteiger partial charge is 0.550 e. The molecule has 1 aliphatic heterocycles. The van der Waals surface area contributed by atoms with Crippen LogP contribution < -0.4 is 15.3 Å². The van der Waals surface area contributed by atoms with Crippen molar-refractivity contribution in [1.29, 1.82) is 0 Å². The van der Waals surface area contributed by atoms with Crippen LogP contribution in [0.1, 0.15) is 12.0 Å². The number of carbonyl (C=O) groups is 2. The van der Waals surface area contributed by atoms with Gasteiger partial charge < -0.3 is 20.1 Å². The van der Waals surface area contributed by atoms with E-state index in [1.807, 2.05) is 42.5 Å². The third-order valence-corrected chi connectivity index (χ3v) is 3.42. The Kier molecular flexibility index (Phi) is 4.90. The van der Waals surface area contributed by atoms with Gasteiger partial charge in [0.1, 0.15) is 0 Å². The summed E-state index contributed by atoms with van der Waals surface area (Å²) in [6.07, 6.45) is 3.72. The summed E-state index contributed by atoms with van der Waals surface area (Å²) in [5, 5.41) is 13.4. The minimum Gasteiger partial charge on any atom is -0.550 e. The predicted molar refractivity (Wildman–Crippen MR) is 72.6 cm³/mol. The molecule has 0 spiro atoms. The monoisotopic (exact) mass is 274 g/mol. The van der Waals surface area contributed by atoms with Crippen molar-refractivity contribution in [3.8, 4) is 0 Å². The summed E-state index contributed by atoms with van der Waals surface area (Å²) < 4.78 is 0. The number of amides is 1. The average molecular weight is 274 g/mol. The molecule has 5 heteroatoms. The van der Waals surface area contributed by atoms with Crippen molar-refractivity contribution in [1.82, 2.24) is 5.32 Å². The van der Waals surface area contributed by atoms with Crippen LogP contribution in [-0.4, -0.2) is 37.6 Å². The number of aliphatic carboxylic acids is 1. The summed E-state index contributed by atoms with van der Waals surface area (Å²) in [7, 11) is 0. The van der Waals surface area contributed by atoms with E-state index in [0.717, 1.165) is 17.0 Å². The van der Waals surface area contributed by atoms with Gasteiger partial charge in [0.05, 0.1) is 19.6 Å². The van der Waals surface area contributed by atoms with Crippen LogP contribution in [0.15, 0.2) is 36.4 Å². The standard InChI is InChI=1S/C15H18N2O3/c18-14(19)11-13-15(20)16-8-10-17(13)9-4-7-12-5-2-1-3-6-12/h1-7,13H,8-11H2,(H,16,20)(H,18,19)/b7-4+/t13-/m0/s1. The molecule has 1 unspecified atom stereocenters. The van der Waals surface area contributed by atoms with Gasteiger partial charge >= 0.3 is 0 Å². The lowest BCUT2D eigenvalue weighted by Gasteiger charge is -2.31. The zero-order chi connectivity index (χ0) is 14.4. The molecule has 20 heavy (non-hydrogen) atoms. The SMILES string of the molecule is O=C([O-])C[C@H]1C(=O)NCC[NH+]1C/C=C/c1ccccc1. The normalized spacial score (nSPS) is 22.7. The second-order valence-corrected chi connectivity index (χ2v) is 4.85. The first-order chi connectivity index (χ1) is 9.66. The van der Waals surface area contributed by atoms with Gasteiger partial charge in [-0.2, -0.15) is 0 Å². The van der Waals surface area contributed by atoms with Crippen molar-refractivity contribution in [2.75, 3.05) is 19.6 Å². The molecular formula is C15H18N2O3. The van der Waals surface area contributed by atoms with Gasteiger partial charge in [-0.1, -0.05) is 36.4 Å². The highest BCUT2D eigenvalue weighted by Crippen LogP contribution is 2.00. The van der Waals surface area contributed by atoms with Crippen molar-refractivity contribution >= 4 is 18.0 Å². The average Bonchev–Trinajstić information content (AvgIpc) is 2.43. The summed E-state index contributed by atoms with van der Waals surface area (Å²) >= 11 is 0. The van der Waals surface area contributed by atoms with Gasteiger partial charge in [-0.3, -0.25) is 4.79 Å². The molecule has 1 aromatic rings. The lowest BCUT2D eigenvalue weighted by molar-refractivity contribution is -0.911. The molecule has 0 saturated carbocycles. The van der Waals surface area contributed by atoms with Crippen LogP contribution in [0.25, 0.3) is 6.08 Å². The van der Waals surface area contributed by atoms with Crippen molar-refractivity contribution in [2.24, 2.45) is 0 Å². The Morgan fingerprint density at radius 1 is 1.40 bits per heavy atom. The van der Waals surface area contributed by atoms with Gasteiger partial charge in [0, 0.05) is 12.4 Å². The Labute approximate surface area is 117 Å². The first kappa shape index (κ1) is 14.3. The Bertz CT molecular complexity index is 499. The van der Waals surface area contributed by atoms with Crippen LogP contribution in [-0.2, 0) is 9.59 Å². The second-order valence-electron chi connectivity index (χ2n) is 4.85. The highest BCUT2D eigenvalue weighted by Gasteiger charge is 2.32. The first-order valence-electron chi connectivity index (χ1n) is 6.70. The maximum absolute atomic E-state index is 11.7. The van der Waals surface area contributed by atoms with Crippen LogP contribution >= 0.6 is 0 Å². The van der Waals surface area contributed by atoms with Gasteiger partial charge in [0.2, 0.25) is 0 Å². The van der Waals surface area contributed by atoms with E-state index in [0.29, 0.717) is 13.1 Å². The highest BCUT2D eigenvalue weighted by molar-refractivity contribution is 5.84. The molecule has 0 aromatic heterocycles. The van der Waals surface area contributed by atoms with E-state index in [9.17, 15) is 14.7 Å². The Balaban J connectivity index is 1.97. The number of carbonyl (C=O) groups excluding carboxylic acids is 2. The van der Waals surface area contributed by atoms with Gasteiger partial charge in [-0.05, 0) is 11.6 Å². The number of nitrogens with one attached hydrogen (secondary N) is 2. The molecule has 0 radical (unpaired) electrons. The van der Waals surface area contributed by atoms with Gasteiger partial charge in [-0.15, -0.1) is 0 Å². The molecule has 1 amide bonds. The molecule has 2 N–H and O–H groups in total. The number of hydrogen-bond donors (Lipinski definition) is 2. The molecule has 1 aliphatic rings. The lowest BCUT2D eigenvalue weighted by Crippen LogP contribution is -3.19. The quantitative estimate of drug-likeness (QED) is 0.667. The smallest absolute Gasteiger partial charge is 0.278 e. The van der Waals surface area contributed by atoms with Crippen molar-refractivity contribution in [3.63, 3.8) is 0 Å². The number of hydrogen-bond acceptors (Lipinski definition) is 3. The maximum atomic E-state index is 11.7. The number of carboxylic acid groups (broad SMARTS) is 1. The molecule has 1 aromatic carbocycles. The summed E-state index contributed by atoms with van der Waals surface area (Å²) in [6.45, 7) is 1.93. The number of quaternary nitrogens is 1. The minimum atomic E-state index is -1.18. The Morgan fingerprint density at radius 2 is 2.15 bits per heavy atom. The molecule has 2 atom stereocenters. The van der Waals surface area contributed by atoms with Crippen molar-refractivity contribution in [2.45, 2.75) is 12.5 Å². The first-order valence-corrected chi connectivity index (χ1v) is 6.70. The van der Waals surface area contributed by atoms with E-state index in [2.05, 4.69) is 5.32 Å². The predicted octanol–water partition coefficient (Wildman–Crippen LogP) is -1.78. The minimum absolute atomic E-state index is 0.205. The zero-order valence-electron chi connectivity index (χ0n) is 11.2. The van der Waals surface area contributed by atoms with E-state index in [-0.39, 0.29) is 12.3 Å². The van der Waals surface area contributed by atoms with Crippen LogP contribution in [0.4, 0.5) is 0 Å². The molecule has 1 fully saturated rings. The van der Waals surface area contributed by atoms with Crippen LogP contribution in [0.5, 0.6) is 0 Å². The van der Waals surface area contributed by atoms with E-state index in [1.165, 1.54) is 0 Å². The number of rotatable bonds is 5. The summed E-state index contributed by atoms with van der Waals surface area (Å²) in [4.78, 5) is 23.4. The van der Waals surface area contributed by atoms with Crippen molar-refractivity contribution in [3.05, 3.63) is 42.0 Å². The molecule has 5 nitrogen and oxygen atoms in total. The molecule has 0 aliphatic carbocycles. The molecule has 0 bridgehead atoms. The van der Waals surface area contributed by atoms with Crippen LogP contribution in [0.2, 0.25) is 0 Å². The fourth-order valence-corrected chi connectivity index (χ4v) is 2.39. The molecule has 2 rings (SSSR count). The number of benzene rings is 1. The zero-order valence-corrected chi connectivity index (χ0v) is 11.2. The number of piperazine rings is 1. The fraction of sp³-hybridized carbons (Fsp3) is 0.333. The third-order valence-electron chi connectivity index (χ3n) is 3.42. The molecule has 1 saturated heterocycles. The Morgan fingerprint density at radius 3 is 2.85 bits per heavy atom. The highest BCUT2D eigenvalue weighted by atomic mass is 16.4. The molecule has 106 valence electrons. The topological polar surface area (TPSA) is 73.7 Å². The summed E-state index contributed by atoms with van der Waals surface area (Å²) in [6, 6.07) is 9.29. The van der Waals surface area contributed by atoms with Gasteiger partial charge in [0.25, 0.3) is 5.91 Å². The van der Waals surface area contributed by atoms with E-state index >= 15 is 0 Å². The number of carboxylic acids is 1. The maximum Gasteiger partial charge on any atom is 0.278 e. The molecule has 1 heterocycles. The van der Waals surface area contributed by atoms with Gasteiger partial charge in [0.15, 0.2) is 6.04 Å². The molecular weight excluding hydrogens is 256 g/mol. The van der Waals surface area contributed by atoms with E-state index < -0.39 is 12.0 Å². The van der Waals surface area contributed by atoms with Crippen LogP contribution in [0.3, 0.4) is 0 Å². The summed E-state index contributed by atoms with van der Waals surface area (Å²) in [5.41, 5.74) is 1.09. The van der Waals surface area contributed by atoms with Crippen LogP contribution in [0, 0.1) is 0 Å². The van der Waals surface area contributed by atoms with E-state index in [1.54, 1.807) is 0 Å². The lowest BCUT2D eigenvalue weighted by atomic mass is 10.1. The Hall–Kier alpha value is -2.14. The second kappa shape index (κ2) is 6.86. The van der Waals surface area contributed by atoms with Crippen molar-refractivity contribution < 1.29 is 19.6 Å². The summed E-state index contributed by atoms with van der Waals surface area (Å²) in [5.74, 6) is -1.39. The van der Waals surface area contributed by atoms with E-state index in [4.69, 9.17) is 0 Å². The fourth-order valence-electron chi connectivity index (χ4n) is 2.39. The third kappa shape index (κ3) is 3.93.